The highest BCUT2D eigenvalue weighted by Crippen LogP contribution is 2.20. The molecule has 1 N–H and O–H groups in total. The molecule has 0 unspecified atom stereocenters. The van der Waals surface area contributed by atoms with Crippen molar-refractivity contribution in [3.63, 3.8) is 0 Å². The fraction of sp³-hybridized carbons (Fsp3) is 0.222. The molecule has 0 radical (unpaired) electrons. The van der Waals surface area contributed by atoms with Gasteiger partial charge in [0, 0.05) is 10.2 Å². The minimum absolute atomic E-state index is 0.391. The number of alkyl halides is 2. The molecular formula is C9H7BrF2N2. The Balaban J connectivity index is 2.73. The number of rotatable bonds is 3. The second-order valence-electron chi connectivity index (χ2n) is 2.58. The van der Waals surface area contributed by atoms with Crippen LogP contribution in [0, 0.1) is 11.3 Å². The third-order valence-electron chi connectivity index (χ3n) is 1.55. The van der Waals surface area contributed by atoms with Crippen LogP contribution in [0.5, 0.6) is 0 Å². The monoisotopic (exact) mass is 260 g/mol. The summed E-state index contributed by atoms with van der Waals surface area (Å²) in [5.41, 5.74) is 1.05. The second kappa shape index (κ2) is 4.91. The number of benzene rings is 1. The molecule has 0 aliphatic rings. The van der Waals surface area contributed by atoms with E-state index in [0.717, 1.165) is 0 Å². The van der Waals surface area contributed by atoms with Crippen molar-refractivity contribution in [2.75, 3.05) is 11.9 Å². The minimum atomic E-state index is -2.38. The van der Waals surface area contributed by atoms with Gasteiger partial charge in [0.1, 0.15) is 6.07 Å². The van der Waals surface area contributed by atoms with E-state index in [2.05, 4.69) is 21.2 Å². The van der Waals surface area contributed by atoms with Crippen molar-refractivity contribution in [3.8, 4) is 6.07 Å². The summed E-state index contributed by atoms with van der Waals surface area (Å²) in [6, 6.07) is 6.72. The fourth-order valence-electron chi connectivity index (χ4n) is 0.911. The fourth-order valence-corrected chi connectivity index (χ4v) is 1.38. The molecule has 0 saturated heterocycles. The Hall–Kier alpha value is -1.15. The molecule has 1 aromatic rings. The smallest absolute Gasteiger partial charge is 0.255 e. The maximum Gasteiger partial charge on any atom is 0.255 e. The van der Waals surface area contributed by atoms with Gasteiger partial charge in [-0.1, -0.05) is 0 Å². The lowest BCUT2D eigenvalue weighted by atomic mass is 10.2. The normalized spacial score (nSPS) is 9.93. The SMILES string of the molecule is N#Cc1ccc(NCC(F)F)cc1Br. The van der Waals surface area contributed by atoms with E-state index in [1.807, 2.05) is 6.07 Å². The first kappa shape index (κ1) is 10.9. The minimum Gasteiger partial charge on any atom is -0.379 e. The van der Waals surface area contributed by atoms with Crippen LogP contribution in [0.3, 0.4) is 0 Å². The largest absolute Gasteiger partial charge is 0.379 e. The molecule has 1 aromatic carbocycles. The van der Waals surface area contributed by atoms with Gasteiger partial charge in [0.2, 0.25) is 0 Å². The van der Waals surface area contributed by atoms with E-state index in [-0.39, 0.29) is 0 Å². The average molecular weight is 261 g/mol. The first-order valence-corrected chi connectivity index (χ1v) is 4.64. The summed E-state index contributed by atoms with van der Waals surface area (Å²) in [6.07, 6.45) is -2.38. The number of hydrogen-bond donors (Lipinski definition) is 1. The average Bonchev–Trinajstić information content (AvgIpc) is 2.15. The van der Waals surface area contributed by atoms with Gasteiger partial charge >= 0.3 is 0 Å². The summed E-state index contributed by atoms with van der Waals surface area (Å²) < 4.78 is 24.3. The van der Waals surface area contributed by atoms with Crippen molar-refractivity contribution < 1.29 is 8.78 Å². The first-order chi connectivity index (χ1) is 6.63. The van der Waals surface area contributed by atoms with Crippen molar-refractivity contribution >= 4 is 21.6 Å². The standard InChI is InChI=1S/C9H7BrF2N2/c10-8-3-7(14-5-9(11)12)2-1-6(8)4-13/h1-3,9,14H,5H2. The Morgan fingerprint density at radius 1 is 1.50 bits per heavy atom. The lowest BCUT2D eigenvalue weighted by molar-refractivity contribution is 0.163. The van der Waals surface area contributed by atoms with Crippen molar-refractivity contribution in [1.82, 2.24) is 0 Å². The highest BCUT2D eigenvalue weighted by atomic mass is 79.9. The molecule has 0 amide bonds. The number of anilines is 1. The van der Waals surface area contributed by atoms with Gasteiger partial charge in [0.05, 0.1) is 12.1 Å². The third kappa shape index (κ3) is 2.96. The molecule has 0 saturated carbocycles. The number of halogens is 3. The van der Waals surface area contributed by atoms with Crippen LogP contribution >= 0.6 is 15.9 Å². The van der Waals surface area contributed by atoms with E-state index in [1.54, 1.807) is 18.2 Å². The lowest BCUT2D eigenvalue weighted by Gasteiger charge is -2.06. The Bertz CT molecular complexity index is 360. The summed E-state index contributed by atoms with van der Waals surface area (Å²) in [4.78, 5) is 0. The van der Waals surface area contributed by atoms with Gasteiger partial charge in [0.15, 0.2) is 0 Å². The summed E-state index contributed by atoms with van der Waals surface area (Å²) in [7, 11) is 0. The summed E-state index contributed by atoms with van der Waals surface area (Å²) in [6.45, 7) is -0.391. The Labute approximate surface area is 88.7 Å². The molecule has 1 rings (SSSR count). The molecule has 14 heavy (non-hydrogen) atoms. The molecule has 5 heteroatoms. The van der Waals surface area contributed by atoms with E-state index in [4.69, 9.17) is 5.26 Å². The van der Waals surface area contributed by atoms with Gasteiger partial charge in [-0.05, 0) is 34.1 Å². The van der Waals surface area contributed by atoms with Gasteiger partial charge < -0.3 is 5.32 Å². The molecule has 0 aliphatic carbocycles. The van der Waals surface area contributed by atoms with E-state index < -0.39 is 13.0 Å². The van der Waals surface area contributed by atoms with Crippen LogP contribution in [0.1, 0.15) is 5.56 Å². The van der Waals surface area contributed by atoms with Crippen LogP contribution in [-0.4, -0.2) is 13.0 Å². The molecule has 0 heterocycles. The van der Waals surface area contributed by atoms with Gasteiger partial charge in [-0.3, -0.25) is 0 Å². The highest BCUT2D eigenvalue weighted by Gasteiger charge is 2.03. The van der Waals surface area contributed by atoms with Crippen LogP contribution in [0.4, 0.5) is 14.5 Å². The van der Waals surface area contributed by atoms with E-state index in [1.165, 1.54) is 0 Å². The second-order valence-corrected chi connectivity index (χ2v) is 3.43. The Morgan fingerprint density at radius 2 is 2.21 bits per heavy atom. The van der Waals surface area contributed by atoms with Gasteiger partial charge in [-0.25, -0.2) is 8.78 Å². The summed E-state index contributed by atoms with van der Waals surface area (Å²) in [5, 5.41) is 11.2. The Kier molecular flexibility index (Phi) is 3.84. The van der Waals surface area contributed by atoms with Crippen molar-refractivity contribution in [3.05, 3.63) is 28.2 Å². The number of nitriles is 1. The molecule has 0 aliphatic heterocycles. The first-order valence-electron chi connectivity index (χ1n) is 3.85. The lowest BCUT2D eigenvalue weighted by Crippen LogP contribution is -2.10. The molecule has 0 spiro atoms. The zero-order valence-electron chi connectivity index (χ0n) is 7.10. The highest BCUT2D eigenvalue weighted by molar-refractivity contribution is 9.10. The summed E-state index contributed by atoms with van der Waals surface area (Å²) >= 11 is 3.16. The molecule has 0 fully saturated rings. The predicted molar refractivity (Wildman–Crippen MR) is 53.4 cm³/mol. The van der Waals surface area contributed by atoms with E-state index in [0.29, 0.717) is 15.7 Å². The predicted octanol–water partition coefficient (Wildman–Crippen LogP) is 3.00. The molecule has 74 valence electrons. The van der Waals surface area contributed by atoms with Crippen LogP contribution in [0.2, 0.25) is 0 Å². The van der Waals surface area contributed by atoms with E-state index in [9.17, 15) is 8.78 Å². The third-order valence-corrected chi connectivity index (χ3v) is 2.21. The summed E-state index contributed by atoms with van der Waals surface area (Å²) in [5.74, 6) is 0. The maximum absolute atomic E-state index is 11.8. The molecule has 2 nitrogen and oxygen atoms in total. The Morgan fingerprint density at radius 3 is 2.71 bits per heavy atom. The number of nitrogens with one attached hydrogen (secondary N) is 1. The topological polar surface area (TPSA) is 35.8 Å². The van der Waals surface area contributed by atoms with Crippen LogP contribution in [-0.2, 0) is 0 Å². The van der Waals surface area contributed by atoms with Crippen molar-refractivity contribution in [2.45, 2.75) is 6.43 Å². The van der Waals surface area contributed by atoms with Crippen molar-refractivity contribution in [1.29, 1.82) is 5.26 Å². The zero-order valence-corrected chi connectivity index (χ0v) is 8.68. The van der Waals surface area contributed by atoms with Crippen LogP contribution in [0.15, 0.2) is 22.7 Å². The van der Waals surface area contributed by atoms with Crippen LogP contribution in [0.25, 0.3) is 0 Å². The van der Waals surface area contributed by atoms with Crippen molar-refractivity contribution in [2.24, 2.45) is 0 Å². The maximum atomic E-state index is 11.8. The quantitative estimate of drug-likeness (QED) is 0.907. The van der Waals surface area contributed by atoms with Gasteiger partial charge in [0.25, 0.3) is 6.43 Å². The van der Waals surface area contributed by atoms with Gasteiger partial charge in [-0.15, -0.1) is 0 Å². The number of nitrogens with zero attached hydrogens (tertiary/aromatic N) is 1. The molecular weight excluding hydrogens is 254 g/mol. The van der Waals surface area contributed by atoms with Gasteiger partial charge in [-0.2, -0.15) is 5.26 Å². The van der Waals surface area contributed by atoms with E-state index >= 15 is 0 Å². The molecule has 0 aromatic heterocycles. The zero-order chi connectivity index (χ0) is 10.6. The van der Waals surface area contributed by atoms with Crippen LogP contribution < -0.4 is 5.32 Å². The molecule has 0 bridgehead atoms. The number of hydrogen-bond acceptors (Lipinski definition) is 2. The molecule has 0 atom stereocenters.